The normalized spacial score (nSPS) is 23.6. The Balaban J connectivity index is 2.37. The number of hydrogen-bond acceptors (Lipinski definition) is 1. The maximum atomic E-state index is 5.78. The Kier molecular flexibility index (Phi) is 3.45. The second-order valence-corrected chi connectivity index (χ2v) is 3.44. The second-order valence-electron chi connectivity index (χ2n) is 3.44. The fourth-order valence-electron chi connectivity index (χ4n) is 1.81. The summed E-state index contributed by atoms with van der Waals surface area (Å²) >= 11 is 0. The quantitative estimate of drug-likeness (QED) is 0.449. The van der Waals surface area contributed by atoms with Crippen LogP contribution in [0.25, 0.3) is 0 Å². The molecule has 1 saturated carbocycles. The molecule has 0 aromatic heterocycles. The van der Waals surface area contributed by atoms with Crippen LogP contribution in [0.15, 0.2) is 0 Å². The van der Waals surface area contributed by atoms with E-state index in [0.717, 1.165) is 0 Å². The maximum absolute atomic E-state index is 5.78. The predicted octanol–water partition coefficient (Wildman–Crippen LogP) is 1.92. The number of rotatable bonds is 1. The molecule has 1 fully saturated rings. The largest absolute Gasteiger partial charge is 0.317 e. The monoisotopic (exact) mass is 151 g/mol. The molecular weight excluding hydrogens is 134 g/mol. The summed E-state index contributed by atoms with van der Waals surface area (Å²) in [4.78, 5) is 0. The zero-order valence-electron chi connectivity index (χ0n) is 7.05. The lowest BCUT2D eigenvalue weighted by molar-refractivity contribution is 0.426. The minimum absolute atomic E-state index is 0.00750. The van der Waals surface area contributed by atoms with Crippen molar-refractivity contribution in [1.82, 2.24) is 0 Å². The van der Waals surface area contributed by atoms with Gasteiger partial charge in [-0.3, -0.25) is 0 Å². The highest BCUT2D eigenvalue weighted by molar-refractivity contribution is 5.00. The van der Waals surface area contributed by atoms with Crippen LogP contribution in [-0.2, 0) is 0 Å². The molecule has 62 valence electrons. The van der Waals surface area contributed by atoms with Gasteiger partial charge in [0.2, 0.25) is 0 Å². The Labute approximate surface area is 69.4 Å². The van der Waals surface area contributed by atoms with Gasteiger partial charge in [-0.2, -0.15) is 0 Å². The summed E-state index contributed by atoms with van der Waals surface area (Å²) in [6, 6.07) is 0.00750. The van der Waals surface area contributed by atoms with Crippen LogP contribution in [-0.4, -0.2) is 6.04 Å². The molecular formula is C10H17N. The van der Waals surface area contributed by atoms with E-state index in [-0.39, 0.29) is 6.04 Å². The Hall–Kier alpha value is -0.480. The van der Waals surface area contributed by atoms with Gasteiger partial charge < -0.3 is 5.73 Å². The van der Waals surface area contributed by atoms with E-state index in [1.54, 1.807) is 0 Å². The summed E-state index contributed by atoms with van der Waals surface area (Å²) in [7, 11) is 0. The van der Waals surface area contributed by atoms with Gasteiger partial charge in [-0.1, -0.05) is 31.6 Å². The van der Waals surface area contributed by atoms with Crippen LogP contribution in [0.5, 0.6) is 0 Å². The van der Waals surface area contributed by atoms with Gasteiger partial charge in [0, 0.05) is 0 Å². The van der Waals surface area contributed by atoms with Gasteiger partial charge in [-0.15, -0.1) is 6.42 Å². The van der Waals surface area contributed by atoms with Crippen LogP contribution >= 0.6 is 0 Å². The van der Waals surface area contributed by atoms with Crippen LogP contribution < -0.4 is 5.73 Å². The first-order chi connectivity index (χ1) is 5.34. The Bertz CT molecular complexity index is 137. The van der Waals surface area contributed by atoms with Crippen molar-refractivity contribution < 1.29 is 0 Å². The van der Waals surface area contributed by atoms with E-state index in [9.17, 15) is 0 Å². The summed E-state index contributed by atoms with van der Waals surface area (Å²) in [5.41, 5.74) is 5.78. The second kappa shape index (κ2) is 4.41. The van der Waals surface area contributed by atoms with E-state index in [2.05, 4.69) is 5.92 Å². The van der Waals surface area contributed by atoms with E-state index in [1.807, 2.05) is 0 Å². The van der Waals surface area contributed by atoms with Gasteiger partial charge in [0.15, 0.2) is 0 Å². The first kappa shape index (κ1) is 8.62. The van der Waals surface area contributed by atoms with E-state index in [0.29, 0.717) is 5.92 Å². The molecule has 1 heteroatoms. The molecule has 0 bridgehead atoms. The van der Waals surface area contributed by atoms with Crippen LogP contribution in [0.1, 0.15) is 38.5 Å². The van der Waals surface area contributed by atoms with Gasteiger partial charge in [-0.05, 0) is 18.8 Å². The van der Waals surface area contributed by atoms with Crippen LogP contribution in [0.4, 0.5) is 0 Å². The lowest BCUT2D eigenvalue weighted by atomic mass is 9.93. The average molecular weight is 151 g/mol. The molecule has 0 aliphatic heterocycles. The summed E-state index contributed by atoms with van der Waals surface area (Å²) in [5.74, 6) is 3.24. The third-order valence-corrected chi connectivity index (χ3v) is 2.60. The summed E-state index contributed by atoms with van der Waals surface area (Å²) in [6.07, 6.45) is 13.1. The van der Waals surface area contributed by atoms with Crippen molar-refractivity contribution in [2.24, 2.45) is 11.7 Å². The molecule has 1 aliphatic carbocycles. The van der Waals surface area contributed by atoms with Crippen LogP contribution in [0.2, 0.25) is 0 Å². The van der Waals surface area contributed by atoms with Crippen molar-refractivity contribution in [3.8, 4) is 12.3 Å². The third-order valence-electron chi connectivity index (χ3n) is 2.60. The molecule has 0 amide bonds. The highest BCUT2D eigenvalue weighted by atomic mass is 14.6. The van der Waals surface area contributed by atoms with Crippen LogP contribution in [0, 0.1) is 18.3 Å². The molecule has 2 N–H and O–H groups in total. The molecule has 0 aromatic rings. The lowest BCUT2D eigenvalue weighted by Gasteiger charge is -2.16. The smallest absolute Gasteiger partial charge is 0.0690 e. The van der Waals surface area contributed by atoms with E-state index in [1.165, 1.54) is 38.5 Å². The van der Waals surface area contributed by atoms with E-state index >= 15 is 0 Å². The molecule has 1 rings (SSSR count). The zero-order chi connectivity index (χ0) is 8.10. The first-order valence-corrected chi connectivity index (χ1v) is 4.56. The fraction of sp³-hybridized carbons (Fsp3) is 0.800. The lowest BCUT2D eigenvalue weighted by Crippen LogP contribution is -2.27. The molecule has 1 aliphatic rings. The third kappa shape index (κ3) is 2.55. The van der Waals surface area contributed by atoms with E-state index < -0.39 is 0 Å². The van der Waals surface area contributed by atoms with Gasteiger partial charge >= 0.3 is 0 Å². The maximum Gasteiger partial charge on any atom is 0.0690 e. The van der Waals surface area contributed by atoms with Crippen molar-refractivity contribution in [3.05, 3.63) is 0 Å². The molecule has 0 spiro atoms. The molecule has 0 heterocycles. The molecule has 1 atom stereocenters. The van der Waals surface area contributed by atoms with Gasteiger partial charge in [0.05, 0.1) is 6.04 Å². The van der Waals surface area contributed by atoms with Crippen LogP contribution in [0.3, 0.4) is 0 Å². The average Bonchev–Trinajstić information content (AvgIpc) is 2.30. The van der Waals surface area contributed by atoms with Gasteiger partial charge in [0.1, 0.15) is 0 Å². The summed E-state index contributed by atoms with van der Waals surface area (Å²) in [5, 5.41) is 0. The topological polar surface area (TPSA) is 26.0 Å². The molecule has 1 unspecified atom stereocenters. The minimum atomic E-state index is 0.00750. The molecule has 1 nitrogen and oxygen atoms in total. The van der Waals surface area contributed by atoms with Crippen molar-refractivity contribution in [2.45, 2.75) is 44.6 Å². The zero-order valence-corrected chi connectivity index (χ0v) is 7.05. The van der Waals surface area contributed by atoms with E-state index in [4.69, 9.17) is 12.2 Å². The number of terminal acetylenes is 1. The van der Waals surface area contributed by atoms with Gasteiger partial charge in [-0.25, -0.2) is 0 Å². The first-order valence-electron chi connectivity index (χ1n) is 4.56. The molecule has 11 heavy (non-hydrogen) atoms. The summed E-state index contributed by atoms with van der Waals surface area (Å²) < 4.78 is 0. The van der Waals surface area contributed by atoms with Crippen molar-refractivity contribution in [2.75, 3.05) is 0 Å². The highest BCUT2D eigenvalue weighted by Gasteiger charge is 2.16. The van der Waals surface area contributed by atoms with Gasteiger partial charge in [0.25, 0.3) is 0 Å². The predicted molar refractivity (Wildman–Crippen MR) is 48.0 cm³/mol. The Morgan fingerprint density at radius 3 is 2.18 bits per heavy atom. The van der Waals surface area contributed by atoms with Crippen molar-refractivity contribution in [3.63, 3.8) is 0 Å². The number of hydrogen-bond donors (Lipinski definition) is 1. The molecule has 0 radical (unpaired) electrons. The number of nitrogens with two attached hydrogens (primary N) is 1. The molecule has 0 saturated heterocycles. The minimum Gasteiger partial charge on any atom is -0.317 e. The fourth-order valence-corrected chi connectivity index (χ4v) is 1.81. The van der Waals surface area contributed by atoms with Crippen molar-refractivity contribution >= 4 is 0 Å². The molecule has 0 aromatic carbocycles. The SMILES string of the molecule is C#CC(N)C1CCCCCC1. The Morgan fingerprint density at radius 2 is 1.73 bits per heavy atom. The standard InChI is InChI=1S/C10H17N/c1-2-10(11)9-7-5-3-4-6-8-9/h1,9-10H,3-8,11H2. The summed E-state index contributed by atoms with van der Waals surface area (Å²) in [6.45, 7) is 0. The van der Waals surface area contributed by atoms with Crippen molar-refractivity contribution in [1.29, 1.82) is 0 Å². The Morgan fingerprint density at radius 1 is 1.18 bits per heavy atom. The highest BCUT2D eigenvalue weighted by Crippen LogP contribution is 2.24.